The zero-order chi connectivity index (χ0) is 26.3. The smallest absolute Gasteiger partial charge is 0.409 e. The minimum Gasteiger partial charge on any atom is -0.508 e. The van der Waals surface area contributed by atoms with Crippen LogP contribution in [-0.2, 0) is 25.9 Å². The van der Waals surface area contributed by atoms with E-state index in [1.54, 1.807) is 0 Å². The maximum Gasteiger partial charge on any atom is 0.409 e. The summed E-state index contributed by atoms with van der Waals surface area (Å²) in [4.78, 5) is 12.7. The number of hydrogen-bond acceptors (Lipinski definition) is 7. The van der Waals surface area contributed by atoms with Gasteiger partial charge in [0.15, 0.2) is 0 Å². The first-order chi connectivity index (χ1) is 17.8. The first-order valence-electron chi connectivity index (χ1n) is 12.9. The highest BCUT2D eigenvalue weighted by Gasteiger charge is 2.34. The Hall–Kier alpha value is -2.66. The van der Waals surface area contributed by atoms with E-state index in [0.29, 0.717) is 19.4 Å². The van der Waals surface area contributed by atoms with Gasteiger partial charge in [-0.15, -0.1) is 0 Å². The highest BCUT2D eigenvalue weighted by molar-refractivity contribution is 7.89. The topological polar surface area (TPSA) is 125 Å². The number of alkyl carbamates (subject to hydrolysis) is 1. The summed E-state index contributed by atoms with van der Waals surface area (Å²) in [5, 5.41) is 23.7. The average Bonchev–Trinajstić information content (AvgIpc) is 3.58. The van der Waals surface area contributed by atoms with E-state index in [-0.39, 0.29) is 29.7 Å². The number of amides is 1. The van der Waals surface area contributed by atoms with Crippen LogP contribution < -0.4 is 5.32 Å². The van der Waals surface area contributed by atoms with Crippen molar-refractivity contribution in [3.05, 3.63) is 60.2 Å². The summed E-state index contributed by atoms with van der Waals surface area (Å²) in [5.74, 6) is 0.169. The molecule has 3 atom stereocenters. The van der Waals surface area contributed by atoms with Gasteiger partial charge >= 0.3 is 6.09 Å². The number of hydrogen-bond donors (Lipinski definition) is 3. The summed E-state index contributed by atoms with van der Waals surface area (Å²) in [6.07, 6.45) is 3.12. The standard InChI is InChI=1S/C27H36N2O7S/c30-22-12-14-23(15-13-22)37(33,34)29(18-21-9-4-5-10-21)19-25(31)24(17-20-7-2-1-3-8-20)28-27(32)36-26-11-6-16-35-26/h1-3,7-8,12-15,21,24-26,30-31H,4-6,9-11,16-19H2,(H,28,32)/t24-,25-,26-/m0/s1. The fraction of sp³-hybridized carbons (Fsp3) is 0.519. The monoisotopic (exact) mass is 532 g/mol. The van der Waals surface area contributed by atoms with Crippen molar-refractivity contribution in [1.82, 2.24) is 9.62 Å². The number of aliphatic hydroxyl groups excluding tert-OH is 1. The predicted molar refractivity (Wildman–Crippen MR) is 137 cm³/mol. The predicted octanol–water partition coefficient (Wildman–Crippen LogP) is 3.41. The summed E-state index contributed by atoms with van der Waals surface area (Å²) in [6.45, 7) is 0.607. The molecule has 3 N–H and O–H groups in total. The van der Waals surface area contributed by atoms with Crippen molar-refractivity contribution in [1.29, 1.82) is 0 Å². The van der Waals surface area contributed by atoms with E-state index >= 15 is 0 Å². The van der Waals surface area contributed by atoms with Crippen molar-refractivity contribution in [3.8, 4) is 5.75 Å². The lowest BCUT2D eigenvalue weighted by Gasteiger charge is -2.31. The van der Waals surface area contributed by atoms with E-state index in [9.17, 15) is 23.4 Å². The number of aromatic hydroxyl groups is 1. The van der Waals surface area contributed by atoms with Gasteiger partial charge in [-0.1, -0.05) is 43.2 Å². The van der Waals surface area contributed by atoms with Gasteiger partial charge in [-0.05, 0) is 61.4 Å². The van der Waals surface area contributed by atoms with Crippen LogP contribution >= 0.6 is 0 Å². The van der Waals surface area contributed by atoms with Crippen LogP contribution in [0.3, 0.4) is 0 Å². The molecule has 0 radical (unpaired) electrons. The Morgan fingerprint density at radius 1 is 1.05 bits per heavy atom. The maximum atomic E-state index is 13.6. The summed E-state index contributed by atoms with van der Waals surface area (Å²) in [7, 11) is -3.96. The molecule has 0 aromatic heterocycles. The van der Waals surface area contributed by atoms with E-state index in [1.807, 2.05) is 30.3 Å². The van der Waals surface area contributed by atoms with Gasteiger partial charge in [-0.25, -0.2) is 13.2 Å². The first-order valence-corrected chi connectivity index (χ1v) is 14.3. The van der Waals surface area contributed by atoms with Crippen molar-refractivity contribution in [2.45, 2.75) is 68.3 Å². The van der Waals surface area contributed by atoms with Crippen LogP contribution in [0.4, 0.5) is 4.79 Å². The Morgan fingerprint density at radius 2 is 1.76 bits per heavy atom. The molecule has 1 saturated carbocycles. The van der Waals surface area contributed by atoms with Gasteiger partial charge in [0, 0.05) is 19.5 Å². The number of nitrogens with one attached hydrogen (secondary N) is 1. The van der Waals surface area contributed by atoms with Crippen molar-refractivity contribution in [2.24, 2.45) is 5.92 Å². The molecule has 9 nitrogen and oxygen atoms in total. The van der Waals surface area contributed by atoms with Crippen LogP contribution in [0.2, 0.25) is 0 Å². The molecule has 1 saturated heterocycles. The third-order valence-electron chi connectivity index (χ3n) is 6.99. The zero-order valence-corrected chi connectivity index (χ0v) is 21.7. The van der Waals surface area contributed by atoms with Gasteiger partial charge in [0.05, 0.1) is 23.6 Å². The maximum absolute atomic E-state index is 13.6. The van der Waals surface area contributed by atoms with Crippen molar-refractivity contribution in [2.75, 3.05) is 19.7 Å². The Bertz CT molecular complexity index is 1100. The van der Waals surface area contributed by atoms with Crippen molar-refractivity contribution in [3.63, 3.8) is 0 Å². The lowest BCUT2D eigenvalue weighted by Crippen LogP contribution is -2.51. The number of nitrogens with zero attached hydrogens (tertiary/aromatic N) is 1. The molecule has 2 aromatic carbocycles. The Kier molecular flexibility index (Phi) is 9.42. The van der Waals surface area contributed by atoms with E-state index in [2.05, 4.69) is 5.32 Å². The number of benzene rings is 2. The summed E-state index contributed by atoms with van der Waals surface area (Å²) in [5.41, 5.74) is 0.882. The lowest BCUT2D eigenvalue weighted by molar-refractivity contribution is -0.0698. The molecular weight excluding hydrogens is 496 g/mol. The molecule has 10 heteroatoms. The second-order valence-electron chi connectivity index (χ2n) is 9.82. The Morgan fingerprint density at radius 3 is 2.41 bits per heavy atom. The zero-order valence-electron chi connectivity index (χ0n) is 20.9. The number of carbonyl (C=O) groups excluding carboxylic acids is 1. The largest absolute Gasteiger partial charge is 0.508 e. The number of sulfonamides is 1. The van der Waals surface area contributed by atoms with Gasteiger partial charge in [0.25, 0.3) is 0 Å². The SMILES string of the molecule is O=C(N[C@@H](Cc1ccccc1)[C@@H](O)CN(CC1CCCC1)S(=O)(=O)c1ccc(O)cc1)O[C@H]1CCCO1. The molecule has 1 amide bonds. The molecule has 2 aromatic rings. The van der Waals surface area contributed by atoms with Gasteiger partial charge in [-0.2, -0.15) is 4.31 Å². The summed E-state index contributed by atoms with van der Waals surface area (Å²) in [6, 6.07) is 14.0. The van der Waals surface area contributed by atoms with Crippen LogP contribution in [0.1, 0.15) is 44.1 Å². The van der Waals surface area contributed by atoms with Crippen LogP contribution in [0.25, 0.3) is 0 Å². The van der Waals surface area contributed by atoms with E-state index in [1.165, 1.54) is 28.6 Å². The number of ether oxygens (including phenoxy) is 2. The molecule has 4 rings (SSSR count). The molecule has 2 aliphatic rings. The third kappa shape index (κ3) is 7.67. The second kappa shape index (κ2) is 12.7. The van der Waals surface area contributed by atoms with Crippen LogP contribution in [-0.4, -0.2) is 67.2 Å². The van der Waals surface area contributed by atoms with Crippen molar-refractivity contribution >= 4 is 16.1 Å². The Balaban J connectivity index is 1.53. The molecule has 37 heavy (non-hydrogen) atoms. The lowest BCUT2D eigenvalue weighted by atomic mass is 10.0. The Labute approximate surface area is 218 Å². The first kappa shape index (κ1) is 27.4. The molecule has 1 aliphatic heterocycles. The van der Waals surface area contributed by atoms with E-state index in [0.717, 1.165) is 37.7 Å². The minimum absolute atomic E-state index is 0.0294. The van der Waals surface area contributed by atoms with Crippen molar-refractivity contribution < 1.29 is 32.9 Å². The number of phenols is 1. The molecule has 2 fully saturated rings. The summed E-state index contributed by atoms with van der Waals surface area (Å²) >= 11 is 0. The van der Waals surface area contributed by atoms with Crippen LogP contribution in [0.15, 0.2) is 59.5 Å². The number of phenolic OH excluding ortho intramolecular Hbond substituents is 1. The minimum atomic E-state index is -3.96. The molecule has 1 heterocycles. The number of carbonyl (C=O) groups is 1. The van der Waals surface area contributed by atoms with Crippen LogP contribution in [0, 0.1) is 5.92 Å². The fourth-order valence-electron chi connectivity index (χ4n) is 4.95. The third-order valence-corrected chi connectivity index (χ3v) is 8.84. The van der Waals surface area contributed by atoms with Gasteiger partial charge in [0.1, 0.15) is 5.75 Å². The van der Waals surface area contributed by atoms with Gasteiger partial charge in [-0.3, -0.25) is 0 Å². The molecule has 202 valence electrons. The fourth-order valence-corrected chi connectivity index (χ4v) is 6.49. The second-order valence-corrected chi connectivity index (χ2v) is 11.8. The summed E-state index contributed by atoms with van der Waals surface area (Å²) < 4.78 is 39.2. The molecular formula is C27H36N2O7S. The molecule has 0 unspecified atom stereocenters. The highest BCUT2D eigenvalue weighted by Crippen LogP contribution is 2.28. The molecule has 1 aliphatic carbocycles. The highest BCUT2D eigenvalue weighted by atomic mass is 32.2. The normalized spacial score (nSPS) is 20.1. The van der Waals surface area contributed by atoms with Crippen LogP contribution in [0.5, 0.6) is 5.75 Å². The number of rotatable bonds is 11. The molecule has 0 bridgehead atoms. The van der Waals surface area contributed by atoms with E-state index in [4.69, 9.17) is 9.47 Å². The van der Waals surface area contributed by atoms with E-state index < -0.39 is 34.6 Å². The quantitative estimate of drug-likeness (QED) is 0.405. The van der Waals surface area contributed by atoms with Gasteiger partial charge in [0.2, 0.25) is 16.3 Å². The molecule has 0 spiro atoms. The number of aliphatic hydroxyl groups is 1. The average molecular weight is 533 g/mol. The van der Waals surface area contributed by atoms with Gasteiger partial charge < -0.3 is 25.0 Å².